The number of hydrogen-bond donors (Lipinski definition) is 0. The Hall–Kier alpha value is -2.53. The van der Waals surface area contributed by atoms with E-state index in [9.17, 15) is 66.3 Å². The smallest absolute Gasteiger partial charge is 0.278 e. The number of ketones is 1. The van der Waals surface area contributed by atoms with Crippen LogP contribution in [-0.4, -0.2) is 41.6 Å². The van der Waals surface area contributed by atoms with Gasteiger partial charge in [-0.2, -0.15) is 57.1 Å². The predicted octanol–water partition coefficient (Wildman–Crippen LogP) is 5.49. The first-order valence-electron chi connectivity index (χ1n) is 6.92. The van der Waals surface area contributed by atoms with E-state index in [-0.39, 0.29) is 0 Å². The summed E-state index contributed by atoms with van der Waals surface area (Å²) in [7, 11) is 0. The number of Topliss-reactive ketones (excluding diaryl/α,β-unsaturated/α-hetero) is 1. The average Bonchev–Trinajstić information content (AvgIpc) is 2.59. The highest BCUT2D eigenvalue weighted by atomic mass is 19.4. The second-order valence-corrected chi connectivity index (χ2v) is 5.46. The van der Waals surface area contributed by atoms with Crippen molar-refractivity contribution in [2.45, 2.75) is 35.8 Å². The molecule has 0 N–H and O–H groups in total. The number of carbonyl (C=O) groups is 1. The van der Waals surface area contributed by atoms with Gasteiger partial charge in [-0.15, -0.1) is 0 Å². The lowest BCUT2D eigenvalue weighted by Crippen LogP contribution is -2.71. The van der Waals surface area contributed by atoms with Gasteiger partial charge in [0, 0.05) is 5.56 Å². The lowest BCUT2D eigenvalue weighted by molar-refractivity contribution is -0.435. The Morgan fingerprint density at radius 3 is 1.43 bits per heavy atom. The lowest BCUT2D eigenvalue weighted by Gasteiger charge is -2.38. The van der Waals surface area contributed by atoms with Gasteiger partial charge in [0.15, 0.2) is 0 Å². The van der Waals surface area contributed by atoms with Crippen LogP contribution in [-0.2, 0) is 4.79 Å². The molecule has 0 aliphatic rings. The molecule has 0 amide bonds. The van der Waals surface area contributed by atoms with Crippen molar-refractivity contribution in [3.63, 3.8) is 0 Å². The highest BCUT2D eigenvalue weighted by molar-refractivity contribution is 6.02. The van der Waals surface area contributed by atoms with Crippen LogP contribution in [0.2, 0.25) is 0 Å². The SMILES string of the molecule is O=C(C#Cc1ccc(F)cc1)C(F)(F)C(F)(F)C(F)(F)C(F)(F)C(F)(F)C(F)(F)F. The monoisotopic (exact) mass is 466 g/mol. The summed E-state index contributed by atoms with van der Waals surface area (Å²) in [6.45, 7) is 0. The maximum atomic E-state index is 13.5. The Morgan fingerprint density at radius 2 is 1.03 bits per heavy atom. The summed E-state index contributed by atoms with van der Waals surface area (Å²) < 4.78 is 180. The summed E-state index contributed by atoms with van der Waals surface area (Å²) in [4.78, 5) is 11.1. The maximum absolute atomic E-state index is 13.5. The lowest BCUT2D eigenvalue weighted by atomic mass is 9.92. The summed E-state index contributed by atoms with van der Waals surface area (Å²) in [5.74, 6) is -41.2. The van der Waals surface area contributed by atoms with Gasteiger partial charge in [-0.05, 0) is 30.2 Å². The van der Waals surface area contributed by atoms with E-state index in [1.807, 2.05) is 0 Å². The number of hydrogen-bond acceptors (Lipinski definition) is 1. The maximum Gasteiger partial charge on any atom is 0.460 e. The molecule has 1 aromatic carbocycles. The third-order valence-corrected chi connectivity index (χ3v) is 3.38. The quantitative estimate of drug-likeness (QED) is 0.415. The zero-order chi connectivity index (χ0) is 24.0. The van der Waals surface area contributed by atoms with Gasteiger partial charge in [0.1, 0.15) is 5.82 Å². The molecule has 0 aromatic heterocycles. The van der Waals surface area contributed by atoms with Gasteiger partial charge >= 0.3 is 35.8 Å². The van der Waals surface area contributed by atoms with E-state index in [1.165, 1.54) is 5.92 Å². The number of halogens is 14. The Bertz CT molecular complexity index is 854. The normalized spacial score (nSPS) is 14.2. The van der Waals surface area contributed by atoms with Gasteiger partial charge in [0.05, 0.1) is 0 Å². The van der Waals surface area contributed by atoms with Gasteiger partial charge in [-0.1, -0.05) is 5.92 Å². The predicted molar refractivity (Wildman–Crippen MR) is 69.1 cm³/mol. The van der Waals surface area contributed by atoms with Crippen LogP contribution in [0.25, 0.3) is 0 Å². The highest BCUT2D eigenvalue weighted by Crippen LogP contribution is 2.60. The van der Waals surface area contributed by atoms with Crippen LogP contribution in [0.15, 0.2) is 24.3 Å². The highest BCUT2D eigenvalue weighted by Gasteiger charge is 2.91. The fourth-order valence-corrected chi connectivity index (χ4v) is 1.65. The van der Waals surface area contributed by atoms with Gasteiger partial charge in [-0.25, -0.2) is 4.39 Å². The van der Waals surface area contributed by atoms with Crippen molar-refractivity contribution in [3.05, 3.63) is 35.6 Å². The molecule has 0 atom stereocenters. The topological polar surface area (TPSA) is 17.1 Å². The van der Waals surface area contributed by atoms with Crippen molar-refractivity contribution in [2.75, 3.05) is 0 Å². The van der Waals surface area contributed by atoms with Crippen molar-refractivity contribution in [1.29, 1.82) is 0 Å². The van der Waals surface area contributed by atoms with Gasteiger partial charge in [0.25, 0.3) is 5.78 Å². The standard InChI is InChI=1S/C15H4F14O/c16-8-4-1-7(2-5-8)3-6-9(30)10(17,18)11(19,20)12(21,22)13(23,24)14(25,26)15(27,28)29/h1-2,4-5H. The van der Waals surface area contributed by atoms with Crippen molar-refractivity contribution in [3.8, 4) is 11.8 Å². The first-order chi connectivity index (χ1) is 13.1. The van der Waals surface area contributed by atoms with Crippen molar-refractivity contribution in [2.24, 2.45) is 0 Å². The van der Waals surface area contributed by atoms with Crippen LogP contribution in [0.1, 0.15) is 5.56 Å². The van der Waals surface area contributed by atoms with Crippen LogP contribution in [0.5, 0.6) is 0 Å². The molecule has 0 fully saturated rings. The van der Waals surface area contributed by atoms with E-state index in [2.05, 4.69) is 0 Å². The number of alkyl halides is 13. The molecular formula is C15H4F14O. The summed E-state index contributed by atoms with van der Waals surface area (Å²) >= 11 is 0. The molecular weight excluding hydrogens is 462 g/mol. The van der Waals surface area contributed by atoms with Crippen LogP contribution >= 0.6 is 0 Å². The first-order valence-corrected chi connectivity index (χ1v) is 6.92. The molecule has 1 aromatic rings. The molecule has 0 aliphatic heterocycles. The fraction of sp³-hybridized carbons (Fsp3) is 0.400. The molecule has 0 heterocycles. The second kappa shape index (κ2) is 7.31. The van der Waals surface area contributed by atoms with Crippen molar-refractivity contribution < 1.29 is 66.3 Å². The van der Waals surface area contributed by atoms with E-state index < -0.39 is 53.0 Å². The van der Waals surface area contributed by atoms with E-state index >= 15 is 0 Å². The van der Waals surface area contributed by atoms with E-state index in [1.54, 1.807) is 0 Å². The molecule has 15 heteroatoms. The van der Waals surface area contributed by atoms with Gasteiger partial charge < -0.3 is 0 Å². The third kappa shape index (κ3) is 3.79. The molecule has 1 rings (SSSR count). The molecule has 0 bridgehead atoms. The minimum Gasteiger partial charge on any atom is -0.278 e. The van der Waals surface area contributed by atoms with E-state index in [0.29, 0.717) is 30.2 Å². The Labute approximate surface area is 156 Å². The minimum absolute atomic E-state index is 0.537. The molecule has 0 saturated heterocycles. The number of benzene rings is 1. The minimum atomic E-state index is -8.10. The molecule has 0 radical (unpaired) electrons. The molecule has 0 spiro atoms. The van der Waals surface area contributed by atoms with Crippen LogP contribution < -0.4 is 0 Å². The third-order valence-electron chi connectivity index (χ3n) is 3.38. The van der Waals surface area contributed by atoms with E-state index in [0.717, 1.165) is 0 Å². The molecule has 0 aliphatic carbocycles. The van der Waals surface area contributed by atoms with Gasteiger partial charge in [-0.3, -0.25) is 4.79 Å². The van der Waals surface area contributed by atoms with Crippen LogP contribution in [0.4, 0.5) is 61.5 Å². The van der Waals surface area contributed by atoms with Gasteiger partial charge in [0.2, 0.25) is 0 Å². The summed E-state index contributed by atoms with van der Waals surface area (Å²) in [5.41, 5.74) is -0.537. The van der Waals surface area contributed by atoms with Crippen molar-refractivity contribution in [1.82, 2.24) is 0 Å². The van der Waals surface area contributed by atoms with E-state index in [4.69, 9.17) is 0 Å². The second-order valence-electron chi connectivity index (χ2n) is 5.46. The zero-order valence-corrected chi connectivity index (χ0v) is 13.5. The zero-order valence-electron chi connectivity index (χ0n) is 13.5. The van der Waals surface area contributed by atoms with Crippen LogP contribution in [0.3, 0.4) is 0 Å². The Balaban J connectivity index is 3.41. The fourth-order valence-electron chi connectivity index (χ4n) is 1.65. The molecule has 0 saturated carbocycles. The summed E-state index contributed by atoms with van der Waals surface area (Å²) in [6, 6.07) is 2.60. The molecule has 168 valence electrons. The molecule has 0 unspecified atom stereocenters. The number of rotatable bonds is 5. The Morgan fingerprint density at radius 1 is 0.633 bits per heavy atom. The Kier molecular flexibility index (Phi) is 6.21. The molecule has 30 heavy (non-hydrogen) atoms. The number of carbonyl (C=O) groups excluding carboxylic acids is 1. The molecule has 1 nitrogen and oxygen atoms in total. The first kappa shape index (κ1) is 25.5. The summed E-state index contributed by atoms with van der Waals surface area (Å²) in [5, 5.41) is 0. The van der Waals surface area contributed by atoms with Crippen molar-refractivity contribution >= 4 is 5.78 Å². The largest absolute Gasteiger partial charge is 0.460 e. The van der Waals surface area contributed by atoms with Crippen LogP contribution in [0, 0.1) is 17.7 Å². The average molecular weight is 466 g/mol. The summed E-state index contributed by atoms with van der Waals surface area (Å²) in [6.07, 6.45) is -7.54.